The molecule has 0 spiro atoms. The SMILES string of the molecule is Cc1cc(-c2cccc(-c3cccc(-n4c5ccccc5c5ccccc54)c3)c2)nc(-c2cccc(-c3cccc(-n4c5ccccc5c5ccccc54)c3)c2)c1. The van der Waals surface area contributed by atoms with Gasteiger partial charge in [0.15, 0.2) is 0 Å². The van der Waals surface area contributed by atoms with E-state index in [1.165, 1.54) is 60.3 Å². The molecule has 0 aliphatic rings. The molecule has 0 bridgehead atoms. The summed E-state index contributed by atoms with van der Waals surface area (Å²) in [6, 6.07) is 74.4. The van der Waals surface area contributed by atoms with E-state index in [0.717, 1.165) is 45.0 Å². The summed E-state index contributed by atoms with van der Waals surface area (Å²) < 4.78 is 4.75. The molecule has 0 N–H and O–H groups in total. The Hall–Kier alpha value is -7.49. The number of pyridine rings is 1. The van der Waals surface area contributed by atoms with Gasteiger partial charge >= 0.3 is 0 Å². The molecule has 0 unspecified atom stereocenters. The van der Waals surface area contributed by atoms with Crippen molar-refractivity contribution in [3.63, 3.8) is 0 Å². The quantitative estimate of drug-likeness (QED) is 0.167. The van der Waals surface area contributed by atoms with Crippen molar-refractivity contribution in [2.75, 3.05) is 0 Å². The van der Waals surface area contributed by atoms with Gasteiger partial charge in [-0.3, -0.25) is 0 Å². The third kappa shape index (κ3) is 5.63. The predicted octanol–water partition coefficient (Wildman–Crippen LogP) is 14.3. The summed E-state index contributed by atoms with van der Waals surface area (Å²) in [5, 5.41) is 5.06. The molecule has 0 atom stereocenters. The highest BCUT2D eigenvalue weighted by Gasteiger charge is 2.15. The molecule has 11 aromatic rings. The molecule has 0 fully saturated rings. The summed E-state index contributed by atoms with van der Waals surface area (Å²) in [5.74, 6) is 0. The molecule has 0 aliphatic heterocycles. The van der Waals surface area contributed by atoms with E-state index in [-0.39, 0.29) is 0 Å². The van der Waals surface area contributed by atoms with Gasteiger partial charge in [-0.2, -0.15) is 0 Å². The minimum Gasteiger partial charge on any atom is -0.309 e. The van der Waals surface area contributed by atoms with Crippen LogP contribution in [-0.2, 0) is 0 Å². The third-order valence-electron chi connectivity index (χ3n) is 11.3. The molecule has 0 aliphatic carbocycles. The van der Waals surface area contributed by atoms with Crippen molar-refractivity contribution in [2.24, 2.45) is 0 Å². The Kier molecular flexibility index (Phi) is 7.71. The number of rotatable bonds is 6. The number of nitrogens with zero attached hydrogens (tertiary/aromatic N) is 3. The normalized spacial score (nSPS) is 11.6. The van der Waals surface area contributed by atoms with Gasteiger partial charge in [-0.15, -0.1) is 0 Å². The molecule has 8 aromatic carbocycles. The van der Waals surface area contributed by atoms with Crippen LogP contribution in [0.1, 0.15) is 5.56 Å². The lowest BCUT2D eigenvalue weighted by Gasteiger charge is -2.13. The molecule has 0 saturated heterocycles. The minimum atomic E-state index is 0.962. The minimum absolute atomic E-state index is 0.962. The van der Waals surface area contributed by atoms with Gasteiger partial charge in [0.05, 0.1) is 33.5 Å². The molecule has 0 saturated carbocycles. The summed E-state index contributed by atoms with van der Waals surface area (Å²) in [6.45, 7) is 2.16. The van der Waals surface area contributed by atoms with Crippen LogP contribution in [0.4, 0.5) is 0 Å². The van der Waals surface area contributed by atoms with Gasteiger partial charge in [0, 0.05) is 44.0 Å². The van der Waals surface area contributed by atoms with Gasteiger partial charge in [0.25, 0.3) is 0 Å². The van der Waals surface area contributed by atoms with Crippen LogP contribution in [0, 0.1) is 6.92 Å². The molecule has 3 nitrogen and oxygen atoms in total. The second kappa shape index (κ2) is 13.4. The average molecular weight is 728 g/mol. The molecule has 3 heteroatoms. The molecule has 3 heterocycles. The Morgan fingerprint density at radius 1 is 0.298 bits per heavy atom. The van der Waals surface area contributed by atoms with Crippen molar-refractivity contribution in [3.05, 3.63) is 212 Å². The Morgan fingerprint density at radius 2 is 0.614 bits per heavy atom. The summed E-state index contributed by atoms with van der Waals surface area (Å²) in [4.78, 5) is 5.29. The number of benzene rings is 8. The predicted molar refractivity (Wildman–Crippen MR) is 239 cm³/mol. The van der Waals surface area contributed by atoms with E-state index in [4.69, 9.17) is 4.98 Å². The van der Waals surface area contributed by atoms with E-state index in [9.17, 15) is 0 Å². The molecule has 0 amide bonds. The summed E-state index contributed by atoms with van der Waals surface area (Å²) in [7, 11) is 0. The standard InChI is InChI=1S/C54H37N3/c1-36-30-49(41-18-10-14-37(32-41)39-16-12-20-43(34-39)56-51-26-6-2-22-45(51)46-23-3-7-27-52(46)56)55-50(31-36)42-19-11-15-38(33-42)40-17-13-21-44(35-40)57-53-28-8-4-24-47(53)48-25-5-9-29-54(48)57/h2-35H,1H3. The lowest BCUT2D eigenvalue weighted by molar-refractivity contribution is 1.18. The van der Waals surface area contributed by atoms with Crippen LogP contribution in [0.5, 0.6) is 0 Å². The number of hydrogen-bond donors (Lipinski definition) is 0. The maximum Gasteiger partial charge on any atom is 0.0712 e. The van der Waals surface area contributed by atoms with Crippen LogP contribution < -0.4 is 0 Å². The molecule has 11 rings (SSSR count). The van der Waals surface area contributed by atoms with Gasteiger partial charge in [0.1, 0.15) is 0 Å². The zero-order chi connectivity index (χ0) is 37.9. The topological polar surface area (TPSA) is 22.8 Å². The largest absolute Gasteiger partial charge is 0.309 e. The van der Waals surface area contributed by atoms with E-state index in [1.807, 2.05) is 0 Å². The van der Waals surface area contributed by atoms with E-state index in [2.05, 4.69) is 222 Å². The lowest BCUT2D eigenvalue weighted by atomic mass is 9.98. The van der Waals surface area contributed by atoms with Crippen LogP contribution >= 0.6 is 0 Å². The number of hydrogen-bond acceptors (Lipinski definition) is 1. The van der Waals surface area contributed by atoms with Crippen molar-refractivity contribution < 1.29 is 0 Å². The van der Waals surface area contributed by atoms with Crippen molar-refractivity contribution >= 4 is 43.6 Å². The molecule has 3 aromatic heterocycles. The van der Waals surface area contributed by atoms with E-state index >= 15 is 0 Å². The summed E-state index contributed by atoms with van der Waals surface area (Å²) in [5.41, 5.74) is 17.1. The molecular formula is C54H37N3. The summed E-state index contributed by atoms with van der Waals surface area (Å²) in [6.07, 6.45) is 0. The van der Waals surface area contributed by atoms with Gasteiger partial charge in [-0.1, -0.05) is 133 Å². The number of aromatic nitrogens is 3. The smallest absolute Gasteiger partial charge is 0.0712 e. The molecule has 57 heavy (non-hydrogen) atoms. The monoisotopic (exact) mass is 727 g/mol. The highest BCUT2D eigenvalue weighted by Crippen LogP contribution is 2.36. The zero-order valence-corrected chi connectivity index (χ0v) is 31.5. The zero-order valence-electron chi connectivity index (χ0n) is 31.5. The average Bonchev–Trinajstić information content (AvgIpc) is 3.80. The van der Waals surface area contributed by atoms with Crippen molar-refractivity contribution in [1.29, 1.82) is 0 Å². The van der Waals surface area contributed by atoms with E-state index in [1.54, 1.807) is 0 Å². The Morgan fingerprint density at radius 3 is 1.00 bits per heavy atom. The third-order valence-corrected chi connectivity index (χ3v) is 11.3. The number of para-hydroxylation sites is 4. The first kappa shape index (κ1) is 32.9. The van der Waals surface area contributed by atoms with Crippen molar-refractivity contribution in [3.8, 4) is 56.1 Å². The van der Waals surface area contributed by atoms with Crippen LogP contribution in [0.25, 0.3) is 99.8 Å². The highest BCUT2D eigenvalue weighted by atomic mass is 15.0. The fourth-order valence-electron chi connectivity index (χ4n) is 8.73. The number of fused-ring (bicyclic) bond motifs is 6. The Labute approximate surface area is 331 Å². The van der Waals surface area contributed by atoms with Crippen molar-refractivity contribution in [2.45, 2.75) is 6.92 Å². The summed E-state index contributed by atoms with van der Waals surface area (Å²) >= 11 is 0. The fourth-order valence-corrected chi connectivity index (χ4v) is 8.73. The first-order chi connectivity index (χ1) is 28.2. The van der Waals surface area contributed by atoms with E-state index in [0.29, 0.717) is 0 Å². The van der Waals surface area contributed by atoms with Gasteiger partial charge in [-0.25, -0.2) is 4.98 Å². The van der Waals surface area contributed by atoms with Gasteiger partial charge in [-0.05, 0) is 108 Å². The Bertz CT molecular complexity index is 3000. The van der Waals surface area contributed by atoms with Crippen LogP contribution in [-0.4, -0.2) is 14.1 Å². The molecule has 0 radical (unpaired) electrons. The van der Waals surface area contributed by atoms with Crippen LogP contribution in [0.2, 0.25) is 0 Å². The number of aryl methyl sites for hydroxylation is 1. The second-order valence-electron chi connectivity index (χ2n) is 14.9. The lowest BCUT2D eigenvalue weighted by Crippen LogP contribution is -1.95. The van der Waals surface area contributed by atoms with Gasteiger partial charge < -0.3 is 9.13 Å². The maximum atomic E-state index is 5.29. The maximum absolute atomic E-state index is 5.29. The van der Waals surface area contributed by atoms with Crippen LogP contribution in [0.15, 0.2) is 206 Å². The highest BCUT2D eigenvalue weighted by molar-refractivity contribution is 6.10. The van der Waals surface area contributed by atoms with E-state index < -0.39 is 0 Å². The molecule has 268 valence electrons. The van der Waals surface area contributed by atoms with Crippen LogP contribution in [0.3, 0.4) is 0 Å². The second-order valence-corrected chi connectivity index (χ2v) is 14.9. The first-order valence-corrected chi connectivity index (χ1v) is 19.5. The Balaban J connectivity index is 0.943. The fraction of sp³-hybridized carbons (Fsp3) is 0.0185. The van der Waals surface area contributed by atoms with Gasteiger partial charge in [0.2, 0.25) is 0 Å². The van der Waals surface area contributed by atoms with Crippen molar-refractivity contribution in [1.82, 2.24) is 14.1 Å². The molecular weight excluding hydrogens is 691 g/mol. The first-order valence-electron chi connectivity index (χ1n) is 19.5.